The minimum absolute atomic E-state index is 0.0111. The highest BCUT2D eigenvalue weighted by Crippen LogP contribution is 2.35. The summed E-state index contributed by atoms with van der Waals surface area (Å²) in [5, 5.41) is 2.86. The monoisotopic (exact) mass is 224 g/mol. The van der Waals surface area contributed by atoms with Crippen molar-refractivity contribution in [2.45, 2.75) is 51.6 Å². The van der Waals surface area contributed by atoms with E-state index in [2.05, 4.69) is 5.32 Å². The van der Waals surface area contributed by atoms with Crippen LogP contribution in [0.25, 0.3) is 0 Å². The number of amides is 2. The number of nitrogens with one attached hydrogen (secondary N) is 1. The topological polar surface area (TPSA) is 49.4 Å². The van der Waals surface area contributed by atoms with Crippen molar-refractivity contribution >= 4 is 11.8 Å². The Bertz CT molecular complexity index is 315. The van der Waals surface area contributed by atoms with E-state index in [-0.39, 0.29) is 23.4 Å². The molecule has 0 aromatic carbocycles. The lowest BCUT2D eigenvalue weighted by atomic mass is 10.0. The first-order valence-electron chi connectivity index (χ1n) is 6.00. The zero-order valence-electron chi connectivity index (χ0n) is 10.2. The molecule has 2 amide bonds. The van der Waals surface area contributed by atoms with Gasteiger partial charge in [0.05, 0.1) is 0 Å². The summed E-state index contributed by atoms with van der Waals surface area (Å²) in [6, 6.07) is -0.269. The van der Waals surface area contributed by atoms with Gasteiger partial charge in [-0.25, -0.2) is 0 Å². The Kier molecular flexibility index (Phi) is 2.68. The molecule has 1 saturated carbocycles. The van der Waals surface area contributed by atoms with Crippen molar-refractivity contribution < 1.29 is 9.59 Å². The first kappa shape index (κ1) is 11.4. The minimum Gasteiger partial charge on any atom is -0.344 e. The maximum Gasteiger partial charge on any atom is 0.245 e. The van der Waals surface area contributed by atoms with Crippen molar-refractivity contribution in [3.8, 4) is 0 Å². The molecule has 0 spiro atoms. The van der Waals surface area contributed by atoms with E-state index in [0.717, 1.165) is 12.8 Å². The lowest BCUT2D eigenvalue weighted by Gasteiger charge is -2.36. The molecule has 2 rings (SSSR count). The van der Waals surface area contributed by atoms with Gasteiger partial charge < -0.3 is 10.2 Å². The molecule has 0 bridgehead atoms. The molecule has 1 aliphatic carbocycles. The SMILES string of the molecule is CC(C)(C)N1CCC(=O)NC(C2CC2)C1=O. The Morgan fingerprint density at radius 1 is 1.25 bits per heavy atom. The van der Waals surface area contributed by atoms with Crippen LogP contribution in [0.4, 0.5) is 0 Å². The highest BCUT2D eigenvalue weighted by Gasteiger charge is 2.43. The van der Waals surface area contributed by atoms with Crippen LogP contribution in [0.3, 0.4) is 0 Å². The molecule has 1 atom stereocenters. The molecule has 1 heterocycles. The van der Waals surface area contributed by atoms with E-state index in [1.807, 2.05) is 25.7 Å². The number of carbonyl (C=O) groups is 2. The zero-order chi connectivity index (χ0) is 11.9. The van der Waals surface area contributed by atoms with Crippen molar-refractivity contribution in [1.82, 2.24) is 10.2 Å². The van der Waals surface area contributed by atoms with Crippen molar-refractivity contribution in [3.05, 3.63) is 0 Å². The maximum atomic E-state index is 12.3. The van der Waals surface area contributed by atoms with Crippen LogP contribution in [0.5, 0.6) is 0 Å². The third-order valence-corrected chi connectivity index (χ3v) is 3.31. The molecule has 0 aromatic rings. The van der Waals surface area contributed by atoms with Crippen LogP contribution < -0.4 is 5.32 Å². The summed E-state index contributed by atoms with van der Waals surface area (Å²) in [5.41, 5.74) is -0.198. The molecule has 4 nitrogen and oxygen atoms in total. The van der Waals surface area contributed by atoms with Crippen molar-refractivity contribution in [1.29, 1.82) is 0 Å². The maximum absolute atomic E-state index is 12.3. The molecular weight excluding hydrogens is 204 g/mol. The molecule has 1 saturated heterocycles. The summed E-state index contributed by atoms with van der Waals surface area (Å²) in [7, 11) is 0. The van der Waals surface area contributed by atoms with Crippen molar-refractivity contribution in [3.63, 3.8) is 0 Å². The second kappa shape index (κ2) is 3.75. The average Bonchev–Trinajstić information content (AvgIpc) is 2.93. The van der Waals surface area contributed by atoms with Gasteiger partial charge in [0.2, 0.25) is 11.8 Å². The highest BCUT2D eigenvalue weighted by atomic mass is 16.2. The molecule has 90 valence electrons. The van der Waals surface area contributed by atoms with Gasteiger partial charge in [0.25, 0.3) is 0 Å². The van der Waals surface area contributed by atoms with Crippen LogP contribution >= 0.6 is 0 Å². The average molecular weight is 224 g/mol. The van der Waals surface area contributed by atoms with Gasteiger partial charge >= 0.3 is 0 Å². The van der Waals surface area contributed by atoms with Gasteiger partial charge in [-0.2, -0.15) is 0 Å². The third-order valence-electron chi connectivity index (χ3n) is 3.31. The fraction of sp³-hybridized carbons (Fsp3) is 0.833. The Balaban J connectivity index is 2.20. The summed E-state index contributed by atoms with van der Waals surface area (Å²) in [6.07, 6.45) is 2.55. The van der Waals surface area contributed by atoms with Crippen molar-refractivity contribution in [2.24, 2.45) is 5.92 Å². The van der Waals surface area contributed by atoms with Gasteiger partial charge in [-0.3, -0.25) is 9.59 Å². The smallest absolute Gasteiger partial charge is 0.245 e. The largest absolute Gasteiger partial charge is 0.344 e. The van der Waals surface area contributed by atoms with E-state index in [1.54, 1.807) is 0 Å². The number of rotatable bonds is 1. The molecule has 0 radical (unpaired) electrons. The molecule has 0 aromatic heterocycles. The van der Waals surface area contributed by atoms with Gasteiger partial charge in [0, 0.05) is 18.5 Å². The minimum atomic E-state index is -0.269. The van der Waals surface area contributed by atoms with E-state index in [9.17, 15) is 9.59 Å². The van der Waals surface area contributed by atoms with Gasteiger partial charge in [0.15, 0.2) is 0 Å². The Morgan fingerprint density at radius 3 is 2.38 bits per heavy atom. The molecule has 1 N–H and O–H groups in total. The van der Waals surface area contributed by atoms with E-state index in [0.29, 0.717) is 18.9 Å². The first-order valence-corrected chi connectivity index (χ1v) is 6.00. The predicted molar refractivity (Wildman–Crippen MR) is 60.7 cm³/mol. The van der Waals surface area contributed by atoms with Crippen LogP contribution in [0.1, 0.15) is 40.0 Å². The van der Waals surface area contributed by atoms with Crippen LogP contribution in [0, 0.1) is 5.92 Å². The molecule has 1 unspecified atom stereocenters. The van der Waals surface area contributed by atoms with E-state index in [1.165, 1.54) is 0 Å². The summed E-state index contributed by atoms with van der Waals surface area (Å²) in [6.45, 7) is 6.59. The number of hydrogen-bond donors (Lipinski definition) is 1. The van der Waals surface area contributed by atoms with Gasteiger partial charge in [-0.15, -0.1) is 0 Å². The predicted octanol–water partition coefficient (Wildman–Crippen LogP) is 0.912. The summed E-state index contributed by atoms with van der Waals surface area (Å²) < 4.78 is 0. The fourth-order valence-electron chi connectivity index (χ4n) is 2.21. The molecule has 16 heavy (non-hydrogen) atoms. The summed E-state index contributed by atoms with van der Waals surface area (Å²) in [5.74, 6) is 0.484. The van der Waals surface area contributed by atoms with E-state index < -0.39 is 0 Å². The zero-order valence-corrected chi connectivity index (χ0v) is 10.2. The lowest BCUT2D eigenvalue weighted by molar-refractivity contribution is -0.138. The van der Waals surface area contributed by atoms with E-state index >= 15 is 0 Å². The second-order valence-electron chi connectivity index (χ2n) is 5.79. The van der Waals surface area contributed by atoms with Crippen LogP contribution in [0.2, 0.25) is 0 Å². The van der Waals surface area contributed by atoms with E-state index in [4.69, 9.17) is 0 Å². The Hall–Kier alpha value is -1.06. The lowest BCUT2D eigenvalue weighted by Crippen LogP contribution is -2.52. The quantitative estimate of drug-likeness (QED) is 0.720. The molecule has 2 fully saturated rings. The van der Waals surface area contributed by atoms with Crippen LogP contribution in [0.15, 0.2) is 0 Å². The number of carbonyl (C=O) groups excluding carboxylic acids is 2. The second-order valence-corrected chi connectivity index (χ2v) is 5.79. The van der Waals surface area contributed by atoms with Gasteiger partial charge in [0.1, 0.15) is 6.04 Å². The third kappa shape index (κ3) is 2.20. The number of hydrogen-bond acceptors (Lipinski definition) is 2. The normalized spacial score (nSPS) is 27.7. The fourth-order valence-corrected chi connectivity index (χ4v) is 2.21. The Labute approximate surface area is 96.4 Å². The molecule has 2 aliphatic rings. The molecule has 4 heteroatoms. The molecular formula is C12H20N2O2. The van der Waals surface area contributed by atoms with Gasteiger partial charge in [-0.1, -0.05) is 0 Å². The molecule has 1 aliphatic heterocycles. The van der Waals surface area contributed by atoms with Crippen LogP contribution in [-0.4, -0.2) is 34.8 Å². The van der Waals surface area contributed by atoms with Crippen molar-refractivity contribution in [2.75, 3.05) is 6.54 Å². The summed E-state index contributed by atoms with van der Waals surface area (Å²) >= 11 is 0. The highest BCUT2D eigenvalue weighted by molar-refractivity contribution is 5.90. The Morgan fingerprint density at radius 2 is 1.88 bits per heavy atom. The summed E-state index contributed by atoms with van der Waals surface area (Å²) in [4.78, 5) is 25.7. The van der Waals surface area contributed by atoms with Gasteiger partial charge in [-0.05, 0) is 39.5 Å². The standard InChI is InChI=1S/C12H20N2O2/c1-12(2,3)14-7-6-9(15)13-10(11(14)16)8-4-5-8/h8,10H,4-7H2,1-3H3,(H,13,15). The first-order chi connectivity index (χ1) is 7.39. The number of nitrogens with zero attached hydrogens (tertiary/aromatic N) is 1. The van der Waals surface area contributed by atoms with Crippen LogP contribution in [-0.2, 0) is 9.59 Å².